The van der Waals surface area contributed by atoms with Gasteiger partial charge in [-0.2, -0.15) is 0 Å². The van der Waals surface area contributed by atoms with Gasteiger partial charge in [-0.3, -0.25) is 9.59 Å². The maximum absolute atomic E-state index is 12.5. The van der Waals surface area contributed by atoms with Gasteiger partial charge >= 0.3 is 0 Å². The fourth-order valence-electron chi connectivity index (χ4n) is 3.11. The fraction of sp³-hybridized carbons (Fsp3) is 0.889. The molecule has 0 aromatic carbocycles. The van der Waals surface area contributed by atoms with Gasteiger partial charge in [-0.25, -0.2) is 0 Å². The van der Waals surface area contributed by atoms with Gasteiger partial charge in [-0.15, -0.1) is 0 Å². The molecule has 1 unspecified atom stereocenters. The van der Waals surface area contributed by atoms with Crippen LogP contribution in [0.15, 0.2) is 0 Å². The highest BCUT2D eigenvalue weighted by atomic mass is 16.2. The Morgan fingerprint density at radius 2 is 1.73 bits per heavy atom. The van der Waals surface area contributed by atoms with E-state index in [0.29, 0.717) is 5.92 Å². The summed E-state index contributed by atoms with van der Waals surface area (Å²) >= 11 is 0. The molecule has 1 fully saturated rings. The molecule has 0 saturated carbocycles. The van der Waals surface area contributed by atoms with Gasteiger partial charge in [-0.05, 0) is 31.6 Å². The molecule has 0 bridgehead atoms. The third-order valence-electron chi connectivity index (χ3n) is 5.20. The Kier molecular flexibility index (Phi) is 6.05. The van der Waals surface area contributed by atoms with Crippen LogP contribution >= 0.6 is 0 Å². The van der Waals surface area contributed by atoms with Gasteiger partial charge in [0.2, 0.25) is 11.8 Å². The predicted octanol–water partition coefficient (Wildman–Crippen LogP) is 3.17. The Labute approximate surface area is 136 Å². The minimum absolute atomic E-state index is 0.186. The molecule has 22 heavy (non-hydrogen) atoms. The van der Waals surface area contributed by atoms with Crippen molar-refractivity contribution in [1.29, 1.82) is 0 Å². The smallest absolute Gasteiger partial charge is 0.228 e. The normalized spacial score (nSPS) is 19.4. The number of hydrogen-bond acceptors (Lipinski definition) is 2. The predicted molar refractivity (Wildman–Crippen MR) is 90.5 cm³/mol. The van der Waals surface area contributed by atoms with Crippen LogP contribution in [-0.4, -0.2) is 48.8 Å². The second kappa shape index (κ2) is 7.01. The van der Waals surface area contributed by atoms with E-state index in [2.05, 4.69) is 6.92 Å². The van der Waals surface area contributed by atoms with E-state index >= 15 is 0 Å². The number of amides is 2. The first-order chi connectivity index (χ1) is 10.0. The van der Waals surface area contributed by atoms with Crippen molar-refractivity contribution >= 4 is 11.8 Å². The number of nitrogens with zero attached hydrogens (tertiary/aromatic N) is 2. The molecule has 4 heteroatoms. The van der Waals surface area contributed by atoms with Crippen LogP contribution in [-0.2, 0) is 9.59 Å². The molecular weight excluding hydrogens is 276 g/mol. The van der Waals surface area contributed by atoms with Crippen molar-refractivity contribution in [2.75, 3.05) is 27.2 Å². The standard InChI is InChI=1S/C18H34N2O2/c1-8-17(2,3)16(22)20-12-10-14(13-20)9-11-18(4,5)15(21)19(6)7/h14H,8-13H2,1-7H3. The van der Waals surface area contributed by atoms with Crippen molar-refractivity contribution in [3.05, 3.63) is 0 Å². The fourth-order valence-corrected chi connectivity index (χ4v) is 3.11. The van der Waals surface area contributed by atoms with Crippen LogP contribution in [0.4, 0.5) is 0 Å². The Hall–Kier alpha value is -1.06. The summed E-state index contributed by atoms with van der Waals surface area (Å²) in [4.78, 5) is 28.4. The highest BCUT2D eigenvalue weighted by Gasteiger charge is 2.36. The van der Waals surface area contributed by atoms with Crippen molar-refractivity contribution in [2.24, 2.45) is 16.7 Å². The number of carbonyl (C=O) groups is 2. The molecule has 128 valence electrons. The highest BCUT2D eigenvalue weighted by Crippen LogP contribution is 2.32. The molecule has 0 aromatic heterocycles. The molecule has 1 aliphatic rings. The van der Waals surface area contributed by atoms with Crippen LogP contribution in [0, 0.1) is 16.7 Å². The summed E-state index contributed by atoms with van der Waals surface area (Å²) in [5, 5.41) is 0. The molecule has 2 amide bonds. The molecular formula is C18H34N2O2. The minimum Gasteiger partial charge on any atom is -0.348 e. The highest BCUT2D eigenvalue weighted by molar-refractivity contribution is 5.82. The van der Waals surface area contributed by atoms with Crippen LogP contribution in [0.2, 0.25) is 0 Å². The zero-order valence-corrected chi connectivity index (χ0v) is 15.5. The van der Waals surface area contributed by atoms with E-state index in [9.17, 15) is 9.59 Å². The van der Waals surface area contributed by atoms with Gasteiger partial charge in [0.15, 0.2) is 0 Å². The molecule has 1 aliphatic heterocycles. The zero-order valence-electron chi connectivity index (χ0n) is 15.5. The monoisotopic (exact) mass is 310 g/mol. The van der Waals surface area contributed by atoms with E-state index in [1.165, 1.54) is 0 Å². The Balaban J connectivity index is 2.52. The summed E-state index contributed by atoms with van der Waals surface area (Å²) < 4.78 is 0. The molecule has 4 nitrogen and oxygen atoms in total. The molecule has 1 rings (SSSR count). The maximum Gasteiger partial charge on any atom is 0.228 e. The molecule has 0 N–H and O–H groups in total. The largest absolute Gasteiger partial charge is 0.348 e. The van der Waals surface area contributed by atoms with Crippen molar-refractivity contribution in [1.82, 2.24) is 9.80 Å². The number of carbonyl (C=O) groups excluding carboxylic acids is 2. The maximum atomic E-state index is 12.5. The van der Waals surface area contributed by atoms with Crippen LogP contribution in [0.5, 0.6) is 0 Å². The average molecular weight is 310 g/mol. The van der Waals surface area contributed by atoms with Crippen molar-refractivity contribution in [3.63, 3.8) is 0 Å². The quantitative estimate of drug-likeness (QED) is 0.756. The third kappa shape index (κ3) is 4.47. The van der Waals surface area contributed by atoms with Crippen molar-refractivity contribution in [2.45, 2.75) is 60.3 Å². The van der Waals surface area contributed by atoms with Gasteiger partial charge in [0.25, 0.3) is 0 Å². The lowest BCUT2D eigenvalue weighted by Crippen LogP contribution is -2.39. The van der Waals surface area contributed by atoms with Crippen LogP contribution < -0.4 is 0 Å². The molecule has 1 heterocycles. The van der Waals surface area contributed by atoms with E-state index in [0.717, 1.165) is 38.8 Å². The molecule has 0 aromatic rings. The summed E-state index contributed by atoms with van der Waals surface area (Å²) in [6.07, 6.45) is 3.84. The minimum atomic E-state index is -0.316. The summed E-state index contributed by atoms with van der Waals surface area (Å²) in [6, 6.07) is 0. The second-order valence-electron chi connectivity index (χ2n) is 8.27. The molecule has 0 aliphatic carbocycles. The van der Waals surface area contributed by atoms with Gasteiger partial charge < -0.3 is 9.80 Å². The van der Waals surface area contributed by atoms with Gasteiger partial charge in [0, 0.05) is 38.0 Å². The summed E-state index contributed by atoms with van der Waals surface area (Å²) in [7, 11) is 3.62. The van der Waals surface area contributed by atoms with Gasteiger partial charge in [0.05, 0.1) is 0 Å². The molecule has 0 spiro atoms. The van der Waals surface area contributed by atoms with Crippen molar-refractivity contribution in [3.8, 4) is 0 Å². The third-order valence-corrected chi connectivity index (χ3v) is 5.20. The van der Waals surface area contributed by atoms with E-state index < -0.39 is 0 Å². The second-order valence-corrected chi connectivity index (χ2v) is 8.27. The topological polar surface area (TPSA) is 40.6 Å². The summed E-state index contributed by atoms with van der Waals surface area (Å²) in [5.74, 6) is 0.998. The molecule has 1 saturated heterocycles. The Morgan fingerprint density at radius 1 is 1.14 bits per heavy atom. The molecule has 1 atom stereocenters. The van der Waals surface area contributed by atoms with E-state index in [-0.39, 0.29) is 22.6 Å². The Morgan fingerprint density at radius 3 is 2.23 bits per heavy atom. The molecule has 0 radical (unpaired) electrons. The van der Waals surface area contributed by atoms with Crippen LogP contribution in [0.1, 0.15) is 60.3 Å². The van der Waals surface area contributed by atoms with Gasteiger partial charge in [-0.1, -0.05) is 34.6 Å². The van der Waals surface area contributed by atoms with Crippen LogP contribution in [0.25, 0.3) is 0 Å². The van der Waals surface area contributed by atoms with Crippen LogP contribution in [0.3, 0.4) is 0 Å². The zero-order chi connectivity index (χ0) is 17.1. The first-order valence-corrected chi connectivity index (χ1v) is 8.52. The van der Waals surface area contributed by atoms with E-state index in [1.54, 1.807) is 4.90 Å². The average Bonchev–Trinajstić information content (AvgIpc) is 2.92. The van der Waals surface area contributed by atoms with Crippen molar-refractivity contribution < 1.29 is 9.59 Å². The first kappa shape index (κ1) is 19.0. The number of hydrogen-bond donors (Lipinski definition) is 0. The summed E-state index contributed by atoms with van der Waals surface area (Å²) in [5.41, 5.74) is -0.571. The lowest BCUT2D eigenvalue weighted by molar-refractivity contribution is -0.140. The SMILES string of the molecule is CCC(C)(C)C(=O)N1CCC(CCC(C)(C)C(=O)N(C)C)C1. The summed E-state index contributed by atoms with van der Waals surface area (Å²) in [6.45, 7) is 11.9. The number of likely N-dealkylation sites (tertiary alicyclic amines) is 1. The number of rotatable bonds is 6. The lowest BCUT2D eigenvalue weighted by atomic mass is 9.83. The van der Waals surface area contributed by atoms with E-state index in [4.69, 9.17) is 0 Å². The Bertz CT molecular complexity index is 413. The first-order valence-electron chi connectivity index (χ1n) is 8.52. The van der Waals surface area contributed by atoms with Gasteiger partial charge in [0.1, 0.15) is 0 Å². The van der Waals surface area contributed by atoms with E-state index in [1.807, 2.05) is 46.7 Å². The lowest BCUT2D eigenvalue weighted by Gasteiger charge is -2.29.